The summed E-state index contributed by atoms with van der Waals surface area (Å²) in [5, 5.41) is 0. The summed E-state index contributed by atoms with van der Waals surface area (Å²) in [4.78, 5) is 13.5. The van der Waals surface area contributed by atoms with Crippen LogP contribution in [-0.4, -0.2) is 43.9 Å². The zero-order valence-corrected chi connectivity index (χ0v) is 11.8. The van der Waals surface area contributed by atoms with E-state index in [1.807, 2.05) is 0 Å². The third kappa shape index (κ3) is 2.88. The molecule has 1 aromatic carbocycles. The summed E-state index contributed by atoms with van der Waals surface area (Å²) in [6.45, 7) is 0.996. The molecular weight excluding hydrogens is 283 g/mol. The van der Waals surface area contributed by atoms with Crippen LogP contribution in [0.4, 0.5) is 10.1 Å². The van der Waals surface area contributed by atoms with Crippen LogP contribution in [0.1, 0.15) is 5.56 Å². The molecule has 0 spiro atoms. The molecule has 108 valence electrons. The number of nitrogens with two attached hydrogens (primary N) is 1. The molecule has 0 aromatic heterocycles. The fourth-order valence-electron chi connectivity index (χ4n) is 2.12. The zero-order chi connectivity index (χ0) is 14.7. The van der Waals surface area contributed by atoms with Crippen LogP contribution in [-0.2, 0) is 14.3 Å². The van der Waals surface area contributed by atoms with Crippen LogP contribution < -0.4 is 10.6 Å². The van der Waals surface area contributed by atoms with Crippen LogP contribution >= 0.6 is 12.2 Å². The Hall–Kier alpha value is -1.73. The summed E-state index contributed by atoms with van der Waals surface area (Å²) < 4.78 is 24.2. The van der Waals surface area contributed by atoms with E-state index in [-0.39, 0.29) is 11.6 Å². The van der Waals surface area contributed by atoms with Gasteiger partial charge in [-0.3, -0.25) is 0 Å². The Morgan fingerprint density at radius 3 is 2.95 bits per heavy atom. The molecule has 2 N–H and O–H groups in total. The number of methoxy groups -OCH3 is 1. The first-order chi connectivity index (χ1) is 9.54. The molecule has 1 saturated heterocycles. The summed E-state index contributed by atoms with van der Waals surface area (Å²) in [7, 11) is 1.29. The van der Waals surface area contributed by atoms with Crippen molar-refractivity contribution in [2.45, 2.75) is 6.04 Å². The Bertz CT molecular complexity index is 538. The number of rotatable bonds is 3. The molecule has 1 heterocycles. The summed E-state index contributed by atoms with van der Waals surface area (Å²) >= 11 is 4.81. The predicted octanol–water partition coefficient (Wildman–Crippen LogP) is 0.838. The van der Waals surface area contributed by atoms with Crippen molar-refractivity contribution in [3.05, 3.63) is 29.6 Å². The van der Waals surface area contributed by atoms with E-state index in [1.165, 1.54) is 13.2 Å². The first-order valence-electron chi connectivity index (χ1n) is 6.06. The highest BCUT2D eigenvalue weighted by Gasteiger charge is 2.31. The Balaban J connectivity index is 2.32. The van der Waals surface area contributed by atoms with Gasteiger partial charge in [-0.1, -0.05) is 12.2 Å². The maximum absolute atomic E-state index is 14.2. The normalized spacial score (nSPS) is 18.7. The van der Waals surface area contributed by atoms with Gasteiger partial charge >= 0.3 is 5.97 Å². The third-order valence-electron chi connectivity index (χ3n) is 3.14. The van der Waals surface area contributed by atoms with Gasteiger partial charge in [0.1, 0.15) is 10.8 Å². The van der Waals surface area contributed by atoms with Crippen molar-refractivity contribution in [2.75, 3.05) is 31.8 Å². The third-order valence-corrected chi connectivity index (χ3v) is 3.38. The molecule has 0 saturated carbocycles. The molecule has 5 nitrogen and oxygen atoms in total. The molecule has 0 bridgehead atoms. The molecule has 1 fully saturated rings. The van der Waals surface area contributed by atoms with Crippen LogP contribution in [0.3, 0.4) is 0 Å². The van der Waals surface area contributed by atoms with Gasteiger partial charge in [-0.25, -0.2) is 9.18 Å². The number of esters is 1. The monoisotopic (exact) mass is 298 g/mol. The zero-order valence-electron chi connectivity index (χ0n) is 11.0. The molecule has 2 rings (SSSR count). The van der Waals surface area contributed by atoms with Crippen LogP contribution in [0, 0.1) is 5.82 Å². The minimum atomic E-state index is -0.654. The number of morpholine rings is 1. The number of nitrogens with zero attached hydrogens (tertiary/aromatic N) is 1. The number of anilines is 1. The van der Waals surface area contributed by atoms with Crippen LogP contribution in [0.2, 0.25) is 0 Å². The molecule has 1 atom stereocenters. The molecule has 1 unspecified atom stereocenters. The standard InChI is InChI=1S/C13H15FN2O3S/c1-18-13(17)11-7-19-5-4-16(11)10-3-2-8(12(15)20)6-9(10)14/h2-3,6,11H,4-5,7H2,1H3,(H2,15,20). The van der Waals surface area contributed by atoms with Crippen molar-refractivity contribution in [3.63, 3.8) is 0 Å². The minimum absolute atomic E-state index is 0.127. The smallest absolute Gasteiger partial charge is 0.330 e. The number of hydrogen-bond donors (Lipinski definition) is 1. The second-order valence-corrected chi connectivity index (χ2v) is 4.78. The van der Waals surface area contributed by atoms with E-state index in [2.05, 4.69) is 0 Å². The SMILES string of the molecule is COC(=O)C1COCCN1c1ccc(C(N)=S)cc1F. The van der Waals surface area contributed by atoms with Gasteiger partial charge in [0.25, 0.3) is 0 Å². The molecule has 0 aliphatic carbocycles. The van der Waals surface area contributed by atoms with Crippen molar-refractivity contribution in [3.8, 4) is 0 Å². The lowest BCUT2D eigenvalue weighted by Crippen LogP contribution is -2.51. The Morgan fingerprint density at radius 1 is 1.60 bits per heavy atom. The molecule has 0 radical (unpaired) electrons. The lowest BCUT2D eigenvalue weighted by molar-refractivity contribution is -0.144. The second-order valence-electron chi connectivity index (χ2n) is 4.34. The van der Waals surface area contributed by atoms with E-state index in [1.54, 1.807) is 17.0 Å². The maximum Gasteiger partial charge on any atom is 0.330 e. The van der Waals surface area contributed by atoms with Gasteiger partial charge in [-0.15, -0.1) is 0 Å². The molecule has 1 aliphatic heterocycles. The van der Waals surface area contributed by atoms with Crippen molar-refractivity contribution in [1.29, 1.82) is 0 Å². The number of carbonyl (C=O) groups excluding carboxylic acids is 1. The van der Waals surface area contributed by atoms with E-state index < -0.39 is 17.8 Å². The molecule has 7 heteroatoms. The topological polar surface area (TPSA) is 64.8 Å². The minimum Gasteiger partial charge on any atom is -0.467 e. The van der Waals surface area contributed by atoms with E-state index in [9.17, 15) is 9.18 Å². The molecular formula is C13H15FN2O3S. The van der Waals surface area contributed by atoms with Crippen LogP contribution in [0.15, 0.2) is 18.2 Å². The fourth-order valence-corrected chi connectivity index (χ4v) is 2.24. The lowest BCUT2D eigenvalue weighted by Gasteiger charge is -2.35. The lowest BCUT2D eigenvalue weighted by atomic mass is 10.1. The van der Waals surface area contributed by atoms with Crippen LogP contribution in [0.25, 0.3) is 0 Å². The number of hydrogen-bond acceptors (Lipinski definition) is 5. The van der Waals surface area contributed by atoms with Crippen LogP contribution in [0.5, 0.6) is 0 Å². The number of halogens is 1. The Kier molecular flexibility index (Phi) is 4.51. The van der Waals surface area contributed by atoms with Gasteiger partial charge in [-0.05, 0) is 18.2 Å². The quantitative estimate of drug-likeness (QED) is 0.659. The number of ether oxygens (including phenoxy) is 2. The predicted molar refractivity (Wildman–Crippen MR) is 76.3 cm³/mol. The fraction of sp³-hybridized carbons (Fsp3) is 0.385. The number of thiocarbonyl (C=S) groups is 1. The first kappa shape index (κ1) is 14.7. The van der Waals surface area contributed by atoms with Crippen molar-refractivity contribution < 1.29 is 18.7 Å². The van der Waals surface area contributed by atoms with Crippen molar-refractivity contribution in [2.24, 2.45) is 5.73 Å². The highest BCUT2D eigenvalue weighted by molar-refractivity contribution is 7.80. The van der Waals surface area contributed by atoms with Crippen molar-refractivity contribution >= 4 is 28.9 Å². The highest BCUT2D eigenvalue weighted by Crippen LogP contribution is 2.25. The molecule has 20 heavy (non-hydrogen) atoms. The first-order valence-corrected chi connectivity index (χ1v) is 6.47. The average Bonchev–Trinajstić information content (AvgIpc) is 2.46. The summed E-state index contributed by atoms with van der Waals surface area (Å²) in [6.07, 6.45) is 0. The summed E-state index contributed by atoms with van der Waals surface area (Å²) in [5.74, 6) is -0.936. The molecule has 0 amide bonds. The van der Waals surface area contributed by atoms with Crippen molar-refractivity contribution in [1.82, 2.24) is 0 Å². The molecule has 1 aliphatic rings. The number of benzene rings is 1. The van der Waals surface area contributed by atoms with Gasteiger partial charge < -0.3 is 20.1 Å². The largest absolute Gasteiger partial charge is 0.467 e. The summed E-state index contributed by atoms with van der Waals surface area (Å²) in [5.41, 5.74) is 6.22. The van der Waals surface area contributed by atoms with Gasteiger partial charge in [0.05, 0.1) is 26.0 Å². The van der Waals surface area contributed by atoms with E-state index in [0.717, 1.165) is 0 Å². The van der Waals surface area contributed by atoms with Gasteiger partial charge in [0.15, 0.2) is 6.04 Å². The second kappa shape index (κ2) is 6.15. The highest BCUT2D eigenvalue weighted by atomic mass is 32.1. The van der Waals surface area contributed by atoms with Gasteiger partial charge in [0.2, 0.25) is 0 Å². The van der Waals surface area contributed by atoms with E-state index >= 15 is 0 Å². The van der Waals surface area contributed by atoms with E-state index in [0.29, 0.717) is 24.4 Å². The number of carbonyl (C=O) groups is 1. The molecule has 1 aromatic rings. The van der Waals surface area contributed by atoms with E-state index in [4.69, 9.17) is 27.4 Å². The summed E-state index contributed by atoms with van der Waals surface area (Å²) in [6, 6.07) is 3.80. The van der Waals surface area contributed by atoms with Gasteiger partial charge in [0, 0.05) is 12.1 Å². The van der Waals surface area contributed by atoms with Gasteiger partial charge in [-0.2, -0.15) is 0 Å². The average molecular weight is 298 g/mol. The Labute approximate surface area is 121 Å². The Morgan fingerprint density at radius 2 is 2.35 bits per heavy atom. The maximum atomic E-state index is 14.2.